The summed E-state index contributed by atoms with van der Waals surface area (Å²) in [6, 6.07) is 7.38. The van der Waals surface area contributed by atoms with Gasteiger partial charge in [0.05, 0.1) is 0 Å². The molecule has 21 heavy (non-hydrogen) atoms. The van der Waals surface area contributed by atoms with E-state index in [1.165, 1.54) is 0 Å². The van der Waals surface area contributed by atoms with Crippen molar-refractivity contribution >= 4 is 11.9 Å². The van der Waals surface area contributed by atoms with Gasteiger partial charge in [-0.15, -0.1) is 5.10 Å². The molecule has 1 aromatic carbocycles. The molecule has 1 atom stereocenters. The lowest BCUT2D eigenvalue weighted by molar-refractivity contribution is -0.139. The maximum absolute atomic E-state index is 12.1. The number of hydrogen-bond acceptors (Lipinski definition) is 4. The van der Waals surface area contributed by atoms with Crippen LogP contribution in [0.2, 0.25) is 0 Å². The Bertz CT molecular complexity index is 664. The fourth-order valence-corrected chi connectivity index (χ4v) is 2.04. The fraction of sp³-hybridized carbons (Fsp3) is 0.286. The highest BCUT2D eigenvalue weighted by atomic mass is 16.4. The molecule has 0 aliphatic heterocycles. The molecule has 3 rings (SSSR count). The molecule has 7 nitrogen and oxygen atoms in total. The molecule has 1 aliphatic rings. The maximum Gasteiger partial charge on any atom is 0.330 e. The molecule has 7 heteroatoms. The van der Waals surface area contributed by atoms with Crippen LogP contribution in [0.15, 0.2) is 30.3 Å². The molecule has 1 saturated carbocycles. The number of carbonyl (C=O) groups is 2. The quantitative estimate of drug-likeness (QED) is 0.766. The van der Waals surface area contributed by atoms with E-state index in [0.717, 1.165) is 12.8 Å². The van der Waals surface area contributed by atoms with E-state index in [-0.39, 0.29) is 5.82 Å². The molecular formula is C14H14N4O3. The van der Waals surface area contributed by atoms with Crippen LogP contribution in [-0.2, 0) is 4.79 Å². The molecule has 2 aromatic rings. The number of carboxylic acid groups (broad SMARTS) is 1. The number of carboxylic acids is 1. The molecule has 108 valence electrons. The Hall–Kier alpha value is -2.70. The van der Waals surface area contributed by atoms with E-state index in [1.807, 2.05) is 0 Å². The minimum Gasteiger partial charge on any atom is -0.479 e. The van der Waals surface area contributed by atoms with Gasteiger partial charge in [0.2, 0.25) is 5.82 Å². The number of aromatic amines is 1. The number of H-pyrrole nitrogens is 1. The van der Waals surface area contributed by atoms with Crippen molar-refractivity contribution in [1.82, 2.24) is 20.5 Å². The largest absolute Gasteiger partial charge is 0.479 e. The van der Waals surface area contributed by atoms with Crippen LogP contribution >= 0.6 is 0 Å². The Morgan fingerprint density at radius 3 is 2.62 bits per heavy atom. The van der Waals surface area contributed by atoms with Crippen molar-refractivity contribution in [2.75, 3.05) is 0 Å². The summed E-state index contributed by atoms with van der Waals surface area (Å²) in [5, 5.41) is 18.3. The first kappa shape index (κ1) is 13.3. The summed E-state index contributed by atoms with van der Waals surface area (Å²) >= 11 is 0. The van der Waals surface area contributed by atoms with Crippen LogP contribution in [0, 0.1) is 0 Å². The number of hydrogen-bond donors (Lipinski definition) is 3. The van der Waals surface area contributed by atoms with E-state index in [2.05, 4.69) is 20.5 Å². The molecule has 1 heterocycles. The Morgan fingerprint density at radius 1 is 1.29 bits per heavy atom. The maximum atomic E-state index is 12.1. The van der Waals surface area contributed by atoms with Gasteiger partial charge < -0.3 is 10.4 Å². The SMILES string of the molecule is O=C(NC(C(=O)O)c1ccccc1)c1n[nH]c(C2CC2)n1. The van der Waals surface area contributed by atoms with Gasteiger partial charge in [-0.2, -0.15) is 0 Å². The van der Waals surface area contributed by atoms with Gasteiger partial charge in [0, 0.05) is 5.92 Å². The van der Waals surface area contributed by atoms with Crippen LogP contribution in [0.5, 0.6) is 0 Å². The number of nitrogens with zero attached hydrogens (tertiary/aromatic N) is 2. The van der Waals surface area contributed by atoms with Crippen LogP contribution in [0.4, 0.5) is 0 Å². The molecule has 0 bridgehead atoms. The second-order valence-corrected chi connectivity index (χ2v) is 4.97. The summed E-state index contributed by atoms with van der Waals surface area (Å²) in [7, 11) is 0. The highest BCUT2D eigenvalue weighted by Gasteiger charge is 2.29. The predicted octanol–water partition coefficient (Wildman–Crippen LogP) is 1.24. The number of aromatic nitrogens is 3. The average Bonchev–Trinajstić information content (AvgIpc) is 3.22. The van der Waals surface area contributed by atoms with Gasteiger partial charge in [0.25, 0.3) is 5.91 Å². The van der Waals surface area contributed by atoms with Crippen molar-refractivity contribution in [3.05, 3.63) is 47.5 Å². The Morgan fingerprint density at radius 2 is 2.00 bits per heavy atom. The van der Waals surface area contributed by atoms with Crippen molar-refractivity contribution in [2.45, 2.75) is 24.8 Å². The number of nitrogens with one attached hydrogen (secondary N) is 2. The molecule has 1 amide bonds. The van der Waals surface area contributed by atoms with E-state index >= 15 is 0 Å². The van der Waals surface area contributed by atoms with E-state index in [9.17, 15) is 14.7 Å². The lowest BCUT2D eigenvalue weighted by atomic mass is 10.1. The second kappa shape index (κ2) is 5.35. The first-order valence-corrected chi connectivity index (χ1v) is 6.66. The van der Waals surface area contributed by atoms with Gasteiger partial charge in [0.15, 0.2) is 6.04 Å². The Balaban J connectivity index is 1.75. The number of aliphatic carboxylic acids is 1. The number of rotatable bonds is 5. The summed E-state index contributed by atoms with van der Waals surface area (Å²) in [5.74, 6) is -0.726. The zero-order valence-corrected chi connectivity index (χ0v) is 11.1. The standard InChI is InChI=1S/C14H14N4O3/c19-13(12-16-11(17-18-12)9-6-7-9)15-10(14(20)21)8-4-2-1-3-5-8/h1-5,9-10H,6-7H2,(H,15,19)(H,20,21)(H,16,17,18). The third-order valence-corrected chi connectivity index (χ3v) is 3.33. The van der Waals surface area contributed by atoms with Crippen LogP contribution in [0.25, 0.3) is 0 Å². The van der Waals surface area contributed by atoms with Gasteiger partial charge in [-0.05, 0) is 18.4 Å². The topological polar surface area (TPSA) is 108 Å². The zero-order valence-electron chi connectivity index (χ0n) is 11.1. The minimum absolute atomic E-state index is 0.0286. The van der Waals surface area contributed by atoms with Gasteiger partial charge in [-0.1, -0.05) is 30.3 Å². The summed E-state index contributed by atoms with van der Waals surface area (Å²) in [5.41, 5.74) is 0.497. The second-order valence-electron chi connectivity index (χ2n) is 4.97. The monoisotopic (exact) mass is 286 g/mol. The fourth-order valence-electron chi connectivity index (χ4n) is 2.04. The molecular weight excluding hydrogens is 272 g/mol. The van der Waals surface area contributed by atoms with E-state index < -0.39 is 17.9 Å². The number of benzene rings is 1. The first-order valence-electron chi connectivity index (χ1n) is 6.66. The Labute approximate surface area is 120 Å². The average molecular weight is 286 g/mol. The van der Waals surface area contributed by atoms with Gasteiger partial charge in [-0.3, -0.25) is 9.89 Å². The molecule has 0 radical (unpaired) electrons. The van der Waals surface area contributed by atoms with E-state index in [4.69, 9.17) is 0 Å². The normalized spacial score (nSPS) is 15.4. The molecule has 3 N–H and O–H groups in total. The van der Waals surface area contributed by atoms with Crippen LogP contribution in [0.3, 0.4) is 0 Å². The zero-order chi connectivity index (χ0) is 14.8. The smallest absolute Gasteiger partial charge is 0.330 e. The molecule has 1 unspecified atom stereocenters. The lowest BCUT2D eigenvalue weighted by Gasteiger charge is -2.13. The van der Waals surface area contributed by atoms with Crippen molar-refractivity contribution in [3.63, 3.8) is 0 Å². The third kappa shape index (κ3) is 2.91. The summed E-state index contributed by atoms with van der Waals surface area (Å²) < 4.78 is 0. The molecule has 1 aromatic heterocycles. The van der Waals surface area contributed by atoms with Crippen molar-refractivity contribution in [1.29, 1.82) is 0 Å². The third-order valence-electron chi connectivity index (χ3n) is 3.33. The summed E-state index contributed by atoms with van der Waals surface area (Å²) in [6.45, 7) is 0. The summed E-state index contributed by atoms with van der Waals surface area (Å²) in [6.07, 6.45) is 2.08. The van der Waals surface area contributed by atoms with E-state index in [1.54, 1.807) is 30.3 Å². The summed E-state index contributed by atoms with van der Waals surface area (Å²) in [4.78, 5) is 27.5. The van der Waals surface area contributed by atoms with E-state index in [0.29, 0.717) is 17.3 Å². The number of amides is 1. The minimum atomic E-state index is -1.13. The predicted molar refractivity (Wildman–Crippen MR) is 72.6 cm³/mol. The first-order chi connectivity index (χ1) is 10.1. The highest BCUT2D eigenvalue weighted by Crippen LogP contribution is 2.37. The molecule has 1 fully saturated rings. The van der Waals surface area contributed by atoms with Crippen LogP contribution in [-0.4, -0.2) is 32.2 Å². The Kier molecular flexibility index (Phi) is 3.39. The molecule has 0 spiro atoms. The number of carbonyl (C=O) groups excluding carboxylic acids is 1. The van der Waals surface area contributed by atoms with Crippen molar-refractivity contribution in [2.24, 2.45) is 0 Å². The van der Waals surface area contributed by atoms with Gasteiger partial charge >= 0.3 is 5.97 Å². The van der Waals surface area contributed by atoms with Gasteiger partial charge in [0.1, 0.15) is 5.82 Å². The molecule has 0 saturated heterocycles. The van der Waals surface area contributed by atoms with Crippen LogP contribution < -0.4 is 5.32 Å². The van der Waals surface area contributed by atoms with Crippen LogP contribution in [0.1, 0.15) is 46.8 Å². The lowest BCUT2D eigenvalue weighted by Crippen LogP contribution is -2.34. The van der Waals surface area contributed by atoms with Crippen molar-refractivity contribution < 1.29 is 14.7 Å². The van der Waals surface area contributed by atoms with Crippen molar-refractivity contribution in [3.8, 4) is 0 Å². The van der Waals surface area contributed by atoms with Gasteiger partial charge in [-0.25, -0.2) is 9.78 Å². The molecule has 1 aliphatic carbocycles. The highest BCUT2D eigenvalue weighted by molar-refractivity contribution is 5.93.